The molecule has 0 spiro atoms. The van der Waals surface area contributed by atoms with Crippen LogP contribution in [0.2, 0.25) is 0 Å². The molecule has 0 aliphatic heterocycles. The van der Waals surface area contributed by atoms with Crippen LogP contribution < -0.4 is 10.7 Å². The molecule has 204 valence electrons. The topological polar surface area (TPSA) is 133 Å². The van der Waals surface area contributed by atoms with Gasteiger partial charge in [0, 0.05) is 19.3 Å². The molecule has 11 heteroatoms. The van der Waals surface area contributed by atoms with Crippen molar-refractivity contribution < 1.29 is 29.3 Å². The molecule has 1 heterocycles. The van der Waals surface area contributed by atoms with Crippen molar-refractivity contribution in [3.63, 3.8) is 0 Å². The van der Waals surface area contributed by atoms with Crippen molar-refractivity contribution in [1.29, 1.82) is 0 Å². The minimum atomic E-state index is -1.10. The molecule has 4 N–H and O–H groups in total. The number of aliphatic hydroxyl groups excluding tert-OH is 1. The second-order valence-electron chi connectivity index (χ2n) is 9.71. The predicted octanol–water partition coefficient (Wildman–Crippen LogP) is 3.99. The van der Waals surface area contributed by atoms with Crippen LogP contribution in [0.5, 0.6) is 5.75 Å². The molecule has 10 nitrogen and oxygen atoms in total. The smallest absolute Gasteiger partial charge is 0.422 e. The molecule has 0 saturated carbocycles. The maximum Gasteiger partial charge on any atom is 0.422 e. The number of nitrogens with one attached hydrogen (secondary N) is 2. The normalized spacial score (nSPS) is 13.0. The van der Waals surface area contributed by atoms with Gasteiger partial charge >= 0.3 is 12.2 Å². The number of phenolic OH excluding ortho intramolecular Hbond substituents is 1. The molecule has 3 aromatic rings. The van der Waals surface area contributed by atoms with Crippen LogP contribution in [0.4, 0.5) is 9.59 Å². The first-order valence-electron chi connectivity index (χ1n) is 12.1. The van der Waals surface area contributed by atoms with Gasteiger partial charge in [-0.3, -0.25) is 10.4 Å². The highest BCUT2D eigenvalue weighted by molar-refractivity contribution is 7.09. The number of carbonyl (C=O) groups excluding carboxylic acids is 2. The molecule has 3 rings (SSSR count). The van der Waals surface area contributed by atoms with Crippen LogP contribution in [0.15, 0.2) is 66.3 Å². The largest absolute Gasteiger partial charge is 0.508 e. The predicted molar refractivity (Wildman–Crippen MR) is 143 cm³/mol. The number of ether oxygens (including phenoxy) is 2. The first kappa shape index (κ1) is 28.9. The molecular weight excluding hydrogens is 508 g/mol. The highest BCUT2D eigenvalue weighted by Crippen LogP contribution is 2.14. The van der Waals surface area contributed by atoms with Crippen LogP contribution in [0.1, 0.15) is 36.8 Å². The quantitative estimate of drug-likeness (QED) is 0.267. The van der Waals surface area contributed by atoms with E-state index >= 15 is 0 Å². The summed E-state index contributed by atoms with van der Waals surface area (Å²) in [5, 5.41) is 25.1. The van der Waals surface area contributed by atoms with Crippen LogP contribution in [-0.2, 0) is 29.0 Å². The Morgan fingerprint density at radius 1 is 1.05 bits per heavy atom. The van der Waals surface area contributed by atoms with Gasteiger partial charge in [0.2, 0.25) is 0 Å². The van der Waals surface area contributed by atoms with Gasteiger partial charge in [0.1, 0.15) is 18.0 Å². The number of aliphatic hydroxyl groups is 1. The summed E-state index contributed by atoms with van der Waals surface area (Å²) in [6, 6.07) is 15.2. The third kappa shape index (κ3) is 10.4. The number of aromatic hydroxyl groups is 1. The van der Waals surface area contributed by atoms with Gasteiger partial charge in [-0.25, -0.2) is 14.6 Å². The van der Waals surface area contributed by atoms with E-state index in [-0.39, 0.29) is 25.4 Å². The SMILES string of the molecule is CC(C)(C)OC(=O)NN(Cc1ccc(O)cc1)C[C@H](O)[C@H](Cc1ccccc1)NC(=O)OCc1cncs1. The van der Waals surface area contributed by atoms with Crippen LogP contribution in [-0.4, -0.2) is 56.7 Å². The Labute approximate surface area is 226 Å². The molecule has 0 radical (unpaired) electrons. The lowest BCUT2D eigenvalue weighted by Gasteiger charge is -2.31. The van der Waals surface area contributed by atoms with Gasteiger partial charge in [0.05, 0.1) is 22.5 Å². The van der Waals surface area contributed by atoms with Gasteiger partial charge < -0.3 is 25.0 Å². The molecule has 0 saturated heterocycles. The first-order valence-corrected chi connectivity index (χ1v) is 13.0. The number of benzene rings is 2. The first-order chi connectivity index (χ1) is 18.1. The lowest BCUT2D eigenvalue weighted by molar-refractivity contribution is 0.0141. The van der Waals surface area contributed by atoms with Crippen molar-refractivity contribution in [2.45, 2.75) is 58.1 Å². The number of amides is 2. The number of hydrogen-bond donors (Lipinski definition) is 4. The number of hydrogen-bond acceptors (Lipinski definition) is 9. The molecule has 0 aliphatic rings. The molecule has 0 bridgehead atoms. The maximum atomic E-state index is 12.6. The number of aromatic nitrogens is 1. The summed E-state index contributed by atoms with van der Waals surface area (Å²) in [6.07, 6.45) is -0.503. The number of thiazole rings is 1. The van der Waals surface area contributed by atoms with E-state index in [1.54, 1.807) is 44.6 Å². The molecule has 2 atom stereocenters. The highest BCUT2D eigenvalue weighted by atomic mass is 32.1. The van der Waals surface area contributed by atoms with Gasteiger partial charge in [-0.2, -0.15) is 0 Å². The zero-order chi connectivity index (χ0) is 27.5. The maximum absolute atomic E-state index is 12.6. The van der Waals surface area contributed by atoms with Crippen LogP contribution in [0, 0.1) is 0 Å². The monoisotopic (exact) mass is 542 g/mol. The molecule has 1 aromatic heterocycles. The van der Waals surface area contributed by atoms with Gasteiger partial charge in [-0.05, 0) is 50.5 Å². The summed E-state index contributed by atoms with van der Waals surface area (Å²) in [5.41, 5.74) is 5.31. The Morgan fingerprint density at radius 2 is 1.76 bits per heavy atom. The number of phenols is 1. The van der Waals surface area contributed by atoms with Gasteiger partial charge in [0.25, 0.3) is 0 Å². The molecule has 38 heavy (non-hydrogen) atoms. The van der Waals surface area contributed by atoms with Crippen molar-refractivity contribution in [2.24, 2.45) is 0 Å². The van der Waals surface area contributed by atoms with Crippen LogP contribution >= 0.6 is 11.3 Å². The molecule has 0 fully saturated rings. The highest BCUT2D eigenvalue weighted by Gasteiger charge is 2.27. The van der Waals surface area contributed by atoms with Gasteiger partial charge in [-0.15, -0.1) is 11.3 Å². The van der Waals surface area contributed by atoms with Crippen molar-refractivity contribution in [3.05, 3.63) is 82.3 Å². The number of nitrogens with zero attached hydrogens (tertiary/aromatic N) is 2. The second kappa shape index (κ2) is 13.8. The third-order valence-corrected chi connectivity index (χ3v) is 6.01. The average Bonchev–Trinajstić information content (AvgIpc) is 3.37. The van der Waals surface area contributed by atoms with Crippen molar-refractivity contribution >= 4 is 23.5 Å². The standard InChI is InChI=1S/C27H34N4O6S/c1-27(2,3)37-26(35)30-31(15-20-9-11-21(32)12-10-20)16-24(33)23(13-19-7-5-4-6-8-19)29-25(34)36-17-22-14-28-18-38-22/h4-12,14,18,23-24,32-33H,13,15-17H2,1-3H3,(H,29,34)(H,30,35)/t23-,24-/m0/s1. The minimum absolute atomic E-state index is 0.0350. The fourth-order valence-corrected chi connectivity index (χ4v) is 4.05. The van der Waals surface area contributed by atoms with E-state index < -0.39 is 29.9 Å². The number of carbonyl (C=O) groups is 2. The summed E-state index contributed by atoms with van der Waals surface area (Å²) in [5.74, 6) is 0.115. The molecule has 0 unspecified atom stereocenters. The Bertz CT molecular complexity index is 1140. The lowest BCUT2D eigenvalue weighted by Crippen LogP contribution is -2.53. The Hall–Kier alpha value is -3.67. The molecule has 2 aromatic carbocycles. The van der Waals surface area contributed by atoms with E-state index in [1.165, 1.54) is 28.5 Å². The van der Waals surface area contributed by atoms with Crippen molar-refractivity contribution in [2.75, 3.05) is 6.54 Å². The molecule has 2 amide bonds. The van der Waals surface area contributed by atoms with E-state index in [1.807, 2.05) is 30.3 Å². The zero-order valence-corrected chi connectivity index (χ0v) is 22.5. The summed E-state index contributed by atoms with van der Waals surface area (Å²) >= 11 is 1.37. The fraction of sp³-hybridized carbons (Fsp3) is 0.370. The van der Waals surface area contributed by atoms with Crippen molar-refractivity contribution in [1.82, 2.24) is 20.7 Å². The molecule has 0 aliphatic carbocycles. The number of hydrazine groups is 1. The van der Waals surface area contributed by atoms with E-state index in [9.17, 15) is 19.8 Å². The van der Waals surface area contributed by atoms with Crippen molar-refractivity contribution in [3.8, 4) is 5.75 Å². The second-order valence-corrected chi connectivity index (χ2v) is 10.7. The van der Waals surface area contributed by atoms with Crippen LogP contribution in [0.3, 0.4) is 0 Å². The Balaban J connectivity index is 1.73. The zero-order valence-electron chi connectivity index (χ0n) is 21.7. The summed E-state index contributed by atoms with van der Waals surface area (Å²) in [7, 11) is 0. The summed E-state index contributed by atoms with van der Waals surface area (Å²) < 4.78 is 10.7. The molecular formula is C27H34N4O6S. The van der Waals surface area contributed by atoms with E-state index in [0.717, 1.165) is 16.0 Å². The summed E-state index contributed by atoms with van der Waals surface area (Å²) in [6.45, 7) is 5.51. The average molecular weight is 543 g/mol. The van der Waals surface area contributed by atoms with E-state index in [4.69, 9.17) is 9.47 Å². The third-order valence-electron chi connectivity index (χ3n) is 5.26. The summed E-state index contributed by atoms with van der Waals surface area (Å²) in [4.78, 5) is 29.9. The van der Waals surface area contributed by atoms with Crippen LogP contribution in [0.25, 0.3) is 0 Å². The number of rotatable bonds is 11. The lowest BCUT2D eigenvalue weighted by atomic mass is 10.0. The van der Waals surface area contributed by atoms with Gasteiger partial charge in [0.15, 0.2) is 0 Å². The van der Waals surface area contributed by atoms with E-state index in [0.29, 0.717) is 6.42 Å². The number of alkyl carbamates (subject to hydrolysis) is 1. The van der Waals surface area contributed by atoms with Gasteiger partial charge in [-0.1, -0.05) is 42.5 Å². The minimum Gasteiger partial charge on any atom is -0.508 e. The Kier molecular flexibility index (Phi) is 10.5. The van der Waals surface area contributed by atoms with E-state index in [2.05, 4.69) is 15.7 Å². The fourth-order valence-electron chi connectivity index (χ4n) is 3.55. The Morgan fingerprint density at radius 3 is 2.39 bits per heavy atom.